The molecule has 0 bridgehead atoms. The van der Waals surface area contributed by atoms with E-state index in [9.17, 15) is 18.0 Å². The number of carbonyl (C=O) groups excluding carboxylic acids is 1. The molecule has 2 aromatic rings. The molecule has 112 valence electrons. The standard InChI is InChI=1S/C12H11F3N4OS/c13-12(14,15)8-3-1-2-7(10(8)19-16)11(20)18-6-9-17-4-5-21-9/h1-5,19H,6,16H2,(H,18,20). The highest BCUT2D eigenvalue weighted by Gasteiger charge is 2.35. The van der Waals surface area contributed by atoms with Crippen molar-refractivity contribution in [1.82, 2.24) is 10.3 Å². The van der Waals surface area contributed by atoms with E-state index in [2.05, 4.69) is 10.3 Å². The molecule has 0 aliphatic heterocycles. The van der Waals surface area contributed by atoms with Gasteiger partial charge in [0.05, 0.1) is 23.4 Å². The molecule has 2 rings (SSSR count). The fraction of sp³-hybridized carbons (Fsp3) is 0.167. The third-order valence-electron chi connectivity index (χ3n) is 2.64. The number of para-hydroxylation sites is 1. The Hall–Kier alpha value is -2.13. The van der Waals surface area contributed by atoms with Crippen LogP contribution < -0.4 is 16.6 Å². The molecule has 9 heteroatoms. The van der Waals surface area contributed by atoms with Gasteiger partial charge in [0, 0.05) is 11.6 Å². The minimum Gasteiger partial charge on any atom is -0.345 e. The molecule has 0 unspecified atom stereocenters. The molecule has 4 N–H and O–H groups in total. The van der Waals surface area contributed by atoms with Crippen LogP contribution in [0.3, 0.4) is 0 Å². The summed E-state index contributed by atoms with van der Waals surface area (Å²) < 4.78 is 38.6. The molecule has 5 nitrogen and oxygen atoms in total. The molecule has 0 aliphatic rings. The summed E-state index contributed by atoms with van der Waals surface area (Å²) in [4.78, 5) is 16.0. The van der Waals surface area contributed by atoms with Gasteiger partial charge < -0.3 is 10.7 Å². The highest BCUT2D eigenvalue weighted by atomic mass is 32.1. The van der Waals surface area contributed by atoms with E-state index < -0.39 is 23.3 Å². The summed E-state index contributed by atoms with van der Waals surface area (Å²) in [6.07, 6.45) is -3.03. The Kier molecular flexibility index (Phi) is 4.43. The Labute approximate surface area is 122 Å². The number of aromatic nitrogens is 1. The van der Waals surface area contributed by atoms with Crippen molar-refractivity contribution in [2.75, 3.05) is 5.43 Å². The Morgan fingerprint density at radius 3 is 2.71 bits per heavy atom. The molecule has 21 heavy (non-hydrogen) atoms. The van der Waals surface area contributed by atoms with Crippen LogP contribution in [0, 0.1) is 0 Å². The van der Waals surface area contributed by atoms with E-state index in [0.29, 0.717) is 5.01 Å². The number of amides is 1. The number of hydrogen-bond acceptors (Lipinski definition) is 5. The summed E-state index contributed by atoms with van der Waals surface area (Å²) in [6, 6.07) is 3.27. The van der Waals surface area contributed by atoms with E-state index in [-0.39, 0.29) is 12.1 Å². The van der Waals surface area contributed by atoms with Gasteiger partial charge in [0.2, 0.25) is 0 Å². The number of nitrogen functional groups attached to an aromatic ring is 1. The number of rotatable bonds is 4. The molecular weight excluding hydrogens is 305 g/mol. The van der Waals surface area contributed by atoms with E-state index in [1.165, 1.54) is 17.4 Å². The van der Waals surface area contributed by atoms with Gasteiger partial charge >= 0.3 is 6.18 Å². The van der Waals surface area contributed by atoms with Crippen molar-refractivity contribution in [3.8, 4) is 0 Å². The first kappa shape index (κ1) is 15.3. The lowest BCUT2D eigenvalue weighted by Crippen LogP contribution is -2.26. The van der Waals surface area contributed by atoms with E-state index in [4.69, 9.17) is 5.84 Å². The lowest BCUT2D eigenvalue weighted by atomic mass is 10.1. The Morgan fingerprint density at radius 1 is 1.38 bits per heavy atom. The van der Waals surface area contributed by atoms with Gasteiger partial charge in [0.25, 0.3) is 5.91 Å². The van der Waals surface area contributed by atoms with E-state index >= 15 is 0 Å². The van der Waals surface area contributed by atoms with Gasteiger partial charge in [-0.05, 0) is 12.1 Å². The number of thiazole rings is 1. The minimum absolute atomic E-state index is 0.136. The van der Waals surface area contributed by atoms with Crippen molar-refractivity contribution in [2.24, 2.45) is 5.84 Å². The number of nitrogens with two attached hydrogens (primary N) is 1. The van der Waals surface area contributed by atoms with E-state index in [1.54, 1.807) is 11.6 Å². The largest absolute Gasteiger partial charge is 0.418 e. The SMILES string of the molecule is NNc1c(C(=O)NCc2nccs2)cccc1C(F)(F)F. The zero-order valence-electron chi connectivity index (χ0n) is 10.6. The zero-order valence-corrected chi connectivity index (χ0v) is 11.4. The van der Waals surface area contributed by atoms with Crippen LogP contribution in [0.2, 0.25) is 0 Å². The molecule has 0 spiro atoms. The maximum Gasteiger partial charge on any atom is 0.418 e. The van der Waals surface area contributed by atoms with E-state index in [1.807, 2.05) is 5.43 Å². The Morgan fingerprint density at radius 2 is 2.14 bits per heavy atom. The number of hydrazine groups is 1. The third kappa shape index (κ3) is 3.50. The van der Waals surface area contributed by atoms with Crippen molar-refractivity contribution < 1.29 is 18.0 Å². The summed E-state index contributed by atoms with van der Waals surface area (Å²) in [5, 5.41) is 4.89. The second-order valence-corrected chi connectivity index (χ2v) is 4.96. The monoisotopic (exact) mass is 316 g/mol. The minimum atomic E-state index is -4.60. The lowest BCUT2D eigenvalue weighted by molar-refractivity contribution is -0.137. The van der Waals surface area contributed by atoms with Crippen molar-refractivity contribution in [3.63, 3.8) is 0 Å². The van der Waals surface area contributed by atoms with Gasteiger partial charge in [0.1, 0.15) is 5.01 Å². The molecule has 1 aromatic carbocycles. The maximum atomic E-state index is 12.9. The van der Waals surface area contributed by atoms with Gasteiger partial charge in [-0.25, -0.2) is 4.98 Å². The second kappa shape index (κ2) is 6.10. The molecule has 0 radical (unpaired) electrons. The van der Waals surface area contributed by atoms with Crippen LogP contribution in [-0.4, -0.2) is 10.9 Å². The normalized spacial score (nSPS) is 11.2. The first-order chi connectivity index (χ1) is 9.93. The number of hydrogen-bond donors (Lipinski definition) is 3. The molecule has 0 aliphatic carbocycles. The first-order valence-corrected chi connectivity index (χ1v) is 6.65. The maximum absolute atomic E-state index is 12.9. The van der Waals surface area contributed by atoms with Crippen molar-refractivity contribution in [3.05, 3.63) is 45.9 Å². The average molecular weight is 316 g/mol. The fourth-order valence-electron chi connectivity index (χ4n) is 1.72. The van der Waals surface area contributed by atoms with Crippen LogP contribution in [0.25, 0.3) is 0 Å². The number of nitrogens with one attached hydrogen (secondary N) is 2. The number of anilines is 1. The molecule has 1 heterocycles. The Bertz CT molecular complexity index is 628. The predicted octanol–water partition coefficient (Wildman–Crippen LogP) is 2.38. The Balaban J connectivity index is 2.24. The number of alkyl halides is 3. The first-order valence-electron chi connectivity index (χ1n) is 5.77. The summed E-state index contributed by atoms with van der Waals surface area (Å²) in [5.74, 6) is 4.47. The van der Waals surface area contributed by atoms with Crippen molar-refractivity contribution in [2.45, 2.75) is 12.7 Å². The van der Waals surface area contributed by atoms with Gasteiger partial charge in [-0.2, -0.15) is 13.2 Å². The molecule has 0 saturated heterocycles. The predicted molar refractivity (Wildman–Crippen MR) is 72.5 cm³/mol. The van der Waals surface area contributed by atoms with Crippen LogP contribution in [-0.2, 0) is 12.7 Å². The summed E-state index contributed by atoms with van der Waals surface area (Å²) in [7, 11) is 0. The molecule has 1 aromatic heterocycles. The number of nitrogens with zero attached hydrogens (tertiary/aromatic N) is 1. The lowest BCUT2D eigenvalue weighted by Gasteiger charge is -2.15. The van der Waals surface area contributed by atoms with Gasteiger partial charge in [-0.15, -0.1) is 11.3 Å². The average Bonchev–Trinajstić information content (AvgIpc) is 2.96. The smallest absolute Gasteiger partial charge is 0.345 e. The highest BCUT2D eigenvalue weighted by Crippen LogP contribution is 2.36. The van der Waals surface area contributed by atoms with Crippen LogP contribution in [0.4, 0.5) is 18.9 Å². The van der Waals surface area contributed by atoms with Crippen LogP contribution >= 0.6 is 11.3 Å². The summed E-state index contributed by atoms with van der Waals surface area (Å²) in [5.41, 5.74) is 0.324. The van der Waals surface area contributed by atoms with Crippen molar-refractivity contribution in [1.29, 1.82) is 0 Å². The van der Waals surface area contributed by atoms with Crippen LogP contribution in [0.1, 0.15) is 20.9 Å². The quantitative estimate of drug-likeness (QED) is 0.597. The molecule has 0 saturated carbocycles. The van der Waals surface area contributed by atoms with Gasteiger partial charge in [-0.3, -0.25) is 10.6 Å². The highest BCUT2D eigenvalue weighted by molar-refractivity contribution is 7.09. The number of carbonyl (C=O) groups is 1. The van der Waals surface area contributed by atoms with Gasteiger partial charge in [-0.1, -0.05) is 6.07 Å². The number of benzene rings is 1. The van der Waals surface area contributed by atoms with Crippen LogP contribution in [0.5, 0.6) is 0 Å². The van der Waals surface area contributed by atoms with Crippen molar-refractivity contribution >= 4 is 22.9 Å². The molecule has 1 amide bonds. The summed E-state index contributed by atoms with van der Waals surface area (Å²) >= 11 is 1.33. The fourth-order valence-corrected chi connectivity index (χ4v) is 2.28. The molecule has 0 atom stereocenters. The topological polar surface area (TPSA) is 80.0 Å². The van der Waals surface area contributed by atoms with E-state index in [0.717, 1.165) is 12.1 Å². The summed E-state index contributed by atoms with van der Waals surface area (Å²) in [6.45, 7) is 0.136. The number of halogens is 3. The zero-order chi connectivity index (χ0) is 15.5. The third-order valence-corrected chi connectivity index (χ3v) is 3.42. The van der Waals surface area contributed by atoms with Crippen LogP contribution in [0.15, 0.2) is 29.8 Å². The second-order valence-electron chi connectivity index (χ2n) is 3.98. The van der Waals surface area contributed by atoms with Gasteiger partial charge in [0.15, 0.2) is 0 Å². The molecule has 0 fully saturated rings. The molecular formula is C12H11F3N4OS.